The lowest BCUT2D eigenvalue weighted by Gasteiger charge is -2.06. The van der Waals surface area contributed by atoms with Crippen LogP contribution in [0.15, 0.2) is 0 Å². The van der Waals surface area contributed by atoms with Crippen molar-refractivity contribution in [2.75, 3.05) is 4.43 Å². The van der Waals surface area contributed by atoms with E-state index in [0.29, 0.717) is 10.8 Å². The van der Waals surface area contributed by atoms with E-state index in [1.165, 1.54) is 0 Å². The van der Waals surface area contributed by atoms with E-state index < -0.39 is 34.6 Å². The van der Waals surface area contributed by atoms with E-state index in [0.717, 1.165) is 0 Å². The van der Waals surface area contributed by atoms with Crippen LogP contribution in [0.5, 0.6) is 0 Å². The SMILES string of the molecule is Fc1c(F)c(F)c(CCCI)c(F)c1F. The van der Waals surface area contributed by atoms with Crippen LogP contribution in [-0.2, 0) is 6.42 Å². The predicted octanol–water partition coefficient (Wildman–Crippen LogP) is 3.75. The van der Waals surface area contributed by atoms with Crippen molar-refractivity contribution in [2.24, 2.45) is 0 Å². The molecular formula is C9H6F5I. The fourth-order valence-electron chi connectivity index (χ4n) is 1.11. The van der Waals surface area contributed by atoms with Crippen LogP contribution in [-0.4, -0.2) is 4.43 Å². The molecule has 0 fully saturated rings. The van der Waals surface area contributed by atoms with Gasteiger partial charge >= 0.3 is 0 Å². The molecule has 1 aromatic rings. The van der Waals surface area contributed by atoms with Crippen LogP contribution >= 0.6 is 22.6 Å². The maximum atomic E-state index is 13.0. The van der Waals surface area contributed by atoms with E-state index in [1.807, 2.05) is 22.6 Å². The molecule has 0 amide bonds. The van der Waals surface area contributed by atoms with Gasteiger partial charge in [-0.1, -0.05) is 22.6 Å². The van der Waals surface area contributed by atoms with Crippen LogP contribution in [0.3, 0.4) is 0 Å². The number of halogens is 6. The molecule has 0 aromatic heterocycles. The number of alkyl halides is 1. The van der Waals surface area contributed by atoms with Crippen LogP contribution in [0.1, 0.15) is 12.0 Å². The first-order valence-corrected chi connectivity index (χ1v) is 5.59. The molecule has 1 rings (SSSR count). The Kier molecular flexibility index (Phi) is 4.30. The average molecular weight is 336 g/mol. The van der Waals surface area contributed by atoms with Crippen molar-refractivity contribution >= 4 is 22.6 Å². The third-order valence-corrected chi connectivity index (χ3v) is 2.62. The molecule has 84 valence electrons. The highest BCUT2D eigenvalue weighted by atomic mass is 127. The topological polar surface area (TPSA) is 0 Å². The lowest BCUT2D eigenvalue weighted by molar-refractivity contribution is 0.369. The van der Waals surface area contributed by atoms with Gasteiger partial charge in [-0.3, -0.25) is 0 Å². The van der Waals surface area contributed by atoms with E-state index >= 15 is 0 Å². The molecule has 1 aromatic carbocycles. The summed E-state index contributed by atoms with van der Waals surface area (Å²) >= 11 is 1.96. The summed E-state index contributed by atoms with van der Waals surface area (Å²) in [7, 11) is 0. The average Bonchev–Trinajstić information content (AvgIpc) is 2.24. The molecule has 0 aliphatic rings. The molecule has 0 saturated heterocycles. The second-order valence-electron chi connectivity index (χ2n) is 2.84. The van der Waals surface area contributed by atoms with Gasteiger partial charge in [0, 0.05) is 5.56 Å². The minimum atomic E-state index is -2.11. The highest BCUT2D eigenvalue weighted by Crippen LogP contribution is 2.24. The van der Waals surface area contributed by atoms with Crippen LogP contribution in [0.25, 0.3) is 0 Å². The highest BCUT2D eigenvalue weighted by molar-refractivity contribution is 14.1. The summed E-state index contributed by atoms with van der Waals surface area (Å²) in [5, 5.41) is 0. The molecule has 0 aliphatic heterocycles. The normalized spacial score (nSPS) is 10.8. The molecule has 15 heavy (non-hydrogen) atoms. The van der Waals surface area contributed by atoms with E-state index in [4.69, 9.17) is 0 Å². The Morgan fingerprint density at radius 3 is 1.53 bits per heavy atom. The molecule has 0 nitrogen and oxygen atoms in total. The van der Waals surface area contributed by atoms with E-state index in [9.17, 15) is 22.0 Å². The zero-order valence-corrected chi connectivity index (χ0v) is 9.55. The first-order chi connectivity index (χ1) is 7.00. The Morgan fingerprint density at radius 1 is 0.733 bits per heavy atom. The van der Waals surface area contributed by atoms with Crippen molar-refractivity contribution in [1.29, 1.82) is 0 Å². The standard InChI is InChI=1S/C9H6F5I/c10-5-4(2-1-3-15)6(11)8(13)9(14)7(5)12/h1-3H2. The third kappa shape index (κ3) is 2.40. The molecule has 0 bridgehead atoms. The molecule has 0 N–H and O–H groups in total. The predicted molar refractivity (Wildman–Crippen MR) is 53.4 cm³/mol. The number of hydrogen-bond acceptors (Lipinski definition) is 0. The van der Waals surface area contributed by atoms with E-state index in [2.05, 4.69) is 0 Å². The first kappa shape index (κ1) is 12.7. The van der Waals surface area contributed by atoms with Crippen molar-refractivity contribution in [3.05, 3.63) is 34.6 Å². The van der Waals surface area contributed by atoms with E-state index in [1.54, 1.807) is 0 Å². The second-order valence-corrected chi connectivity index (χ2v) is 3.92. The lowest BCUT2D eigenvalue weighted by atomic mass is 10.1. The Bertz CT molecular complexity index is 348. The molecule has 0 spiro atoms. The quantitative estimate of drug-likeness (QED) is 0.259. The monoisotopic (exact) mass is 336 g/mol. The first-order valence-electron chi connectivity index (χ1n) is 4.07. The fraction of sp³-hybridized carbons (Fsp3) is 0.333. The van der Waals surface area contributed by atoms with Crippen molar-refractivity contribution in [3.8, 4) is 0 Å². The molecule has 6 heteroatoms. The summed E-state index contributed by atoms with van der Waals surface area (Å²) < 4.78 is 64.5. The van der Waals surface area contributed by atoms with E-state index in [-0.39, 0.29) is 6.42 Å². The van der Waals surface area contributed by atoms with Crippen molar-refractivity contribution in [1.82, 2.24) is 0 Å². The Hall–Kier alpha value is -0.400. The molecule has 0 aliphatic carbocycles. The largest absolute Gasteiger partial charge is 0.203 e. The van der Waals surface area contributed by atoms with Crippen LogP contribution in [0.4, 0.5) is 22.0 Å². The highest BCUT2D eigenvalue weighted by Gasteiger charge is 2.24. The maximum Gasteiger partial charge on any atom is 0.200 e. The Balaban J connectivity index is 3.26. The van der Waals surface area contributed by atoms with Gasteiger partial charge in [-0.15, -0.1) is 0 Å². The van der Waals surface area contributed by atoms with Gasteiger partial charge in [0.15, 0.2) is 23.3 Å². The number of rotatable bonds is 3. The molecule has 0 unspecified atom stereocenters. The minimum absolute atomic E-state index is 0.158. The van der Waals surface area contributed by atoms with Gasteiger partial charge in [0.25, 0.3) is 0 Å². The van der Waals surface area contributed by atoms with Crippen molar-refractivity contribution in [3.63, 3.8) is 0 Å². The van der Waals surface area contributed by atoms with Crippen molar-refractivity contribution < 1.29 is 22.0 Å². The van der Waals surface area contributed by atoms with Gasteiger partial charge in [-0.2, -0.15) is 0 Å². The summed E-state index contributed by atoms with van der Waals surface area (Å²) in [4.78, 5) is 0. The summed E-state index contributed by atoms with van der Waals surface area (Å²) in [5.41, 5.74) is -0.733. The smallest absolute Gasteiger partial charge is 0.200 e. The van der Waals surface area contributed by atoms with Crippen molar-refractivity contribution in [2.45, 2.75) is 12.8 Å². The summed E-state index contributed by atoms with van der Waals surface area (Å²) in [6, 6.07) is 0. The van der Waals surface area contributed by atoms with Crippen LogP contribution in [0, 0.1) is 29.1 Å². The molecule has 0 atom stereocenters. The summed E-state index contributed by atoms with van der Waals surface area (Å²) in [5.74, 6) is -9.31. The molecule has 0 saturated carbocycles. The van der Waals surface area contributed by atoms with Gasteiger partial charge in [-0.25, -0.2) is 22.0 Å². The Labute approximate surface area is 96.6 Å². The maximum absolute atomic E-state index is 13.0. The zero-order valence-electron chi connectivity index (χ0n) is 7.39. The molecule has 0 heterocycles. The van der Waals surface area contributed by atoms with Crippen LogP contribution in [0.2, 0.25) is 0 Å². The molecular weight excluding hydrogens is 330 g/mol. The zero-order chi connectivity index (χ0) is 11.6. The second kappa shape index (κ2) is 5.09. The molecule has 0 radical (unpaired) electrons. The third-order valence-electron chi connectivity index (χ3n) is 1.86. The lowest BCUT2D eigenvalue weighted by Crippen LogP contribution is -2.07. The summed E-state index contributed by atoms with van der Waals surface area (Å²) in [6.07, 6.45) is 0.202. The number of hydrogen-bond donors (Lipinski definition) is 0. The van der Waals surface area contributed by atoms with Crippen LogP contribution < -0.4 is 0 Å². The minimum Gasteiger partial charge on any atom is -0.203 e. The van der Waals surface area contributed by atoms with Gasteiger partial charge in [-0.05, 0) is 17.3 Å². The van der Waals surface area contributed by atoms with Gasteiger partial charge in [0.1, 0.15) is 0 Å². The van der Waals surface area contributed by atoms with Gasteiger partial charge in [0.05, 0.1) is 0 Å². The Morgan fingerprint density at radius 2 is 1.13 bits per heavy atom. The van der Waals surface area contributed by atoms with Gasteiger partial charge < -0.3 is 0 Å². The fourth-order valence-corrected chi connectivity index (χ4v) is 1.49. The summed E-state index contributed by atoms with van der Waals surface area (Å²) in [6.45, 7) is 0. The number of benzene rings is 1. The van der Waals surface area contributed by atoms with Gasteiger partial charge in [0.2, 0.25) is 5.82 Å².